The Labute approximate surface area is 147 Å². The first-order chi connectivity index (χ1) is 11.7. The lowest BCUT2D eigenvalue weighted by atomic mass is 10.0. The molecular weight excluding hydrogens is 326 g/mol. The van der Waals surface area contributed by atoms with Gasteiger partial charge in [-0.15, -0.1) is 0 Å². The minimum Gasteiger partial charge on any atom is -0.348 e. The van der Waals surface area contributed by atoms with Crippen LogP contribution in [-0.2, 0) is 9.59 Å². The van der Waals surface area contributed by atoms with Gasteiger partial charge in [-0.1, -0.05) is 36.6 Å². The van der Waals surface area contributed by atoms with E-state index in [-0.39, 0.29) is 11.9 Å². The Balaban J connectivity index is 1.76. The fraction of sp³-hybridized carbons (Fsp3) is 0.556. The predicted octanol–water partition coefficient (Wildman–Crippen LogP) is 0.797. The molecule has 24 heavy (non-hydrogen) atoms. The second-order valence-corrected chi connectivity index (χ2v) is 7.21. The maximum Gasteiger partial charge on any atom is 0.283 e. The molecule has 1 aromatic carbocycles. The quantitative estimate of drug-likeness (QED) is 0.772. The van der Waals surface area contributed by atoms with E-state index >= 15 is 0 Å². The van der Waals surface area contributed by atoms with Gasteiger partial charge in [0.05, 0.1) is 26.2 Å². The summed E-state index contributed by atoms with van der Waals surface area (Å²) in [4.78, 5) is 26.9. The van der Waals surface area contributed by atoms with Crippen LogP contribution < -0.4 is 10.2 Å². The van der Waals surface area contributed by atoms with Crippen molar-refractivity contribution in [2.45, 2.75) is 37.8 Å². The molecule has 0 spiro atoms. The molecule has 1 aromatic rings. The molecule has 2 fully saturated rings. The average molecular weight is 351 g/mol. The van der Waals surface area contributed by atoms with Gasteiger partial charge in [0, 0.05) is 16.6 Å². The zero-order chi connectivity index (χ0) is 16.9. The smallest absolute Gasteiger partial charge is 0.283 e. The van der Waals surface area contributed by atoms with Crippen molar-refractivity contribution in [2.24, 2.45) is 0 Å². The average Bonchev–Trinajstić information content (AvgIpc) is 3.10. The van der Waals surface area contributed by atoms with E-state index in [9.17, 15) is 9.59 Å². The fourth-order valence-corrected chi connectivity index (χ4v) is 3.91. The number of benzene rings is 1. The van der Waals surface area contributed by atoms with Crippen LogP contribution in [0.5, 0.6) is 0 Å². The van der Waals surface area contributed by atoms with Crippen molar-refractivity contribution in [2.75, 3.05) is 26.2 Å². The molecule has 5 nitrogen and oxygen atoms in total. The molecule has 1 aliphatic carbocycles. The molecule has 1 atom stereocenters. The molecular formula is C18H25ClN3O2+. The van der Waals surface area contributed by atoms with E-state index in [4.69, 9.17) is 11.6 Å². The minimum atomic E-state index is -0.239. The van der Waals surface area contributed by atoms with E-state index in [0.29, 0.717) is 24.2 Å². The van der Waals surface area contributed by atoms with E-state index in [1.165, 1.54) is 17.7 Å². The van der Waals surface area contributed by atoms with Crippen molar-refractivity contribution in [1.82, 2.24) is 10.2 Å². The van der Waals surface area contributed by atoms with Crippen molar-refractivity contribution >= 4 is 23.9 Å². The van der Waals surface area contributed by atoms with Crippen LogP contribution in [0.25, 0.3) is 0 Å². The van der Waals surface area contributed by atoms with Crippen LogP contribution in [0.2, 0.25) is 5.02 Å². The molecule has 1 aliphatic heterocycles. The Kier molecular flexibility index (Phi) is 5.74. The van der Waals surface area contributed by atoms with Gasteiger partial charge in [0.25, 0.3) is 5.91 Å². The largest absolute Gasteiger partial charge is 0.348 e. The van der Waals surface area contributed by atoms with Gasteiger partial charge in [0.15, 0.2) is 6.04 Å². The van der Waals surface area contributed by atoms with Crippen molar-refractivity contribution in [3.8, 4) is 0 Å². The van der Waals surface area contributed by atoms with Gasteiger partial charge in [0.1, 0.15) is 0 Å². The lowest BCUT2D eigenvalue weighted by molar-refractivity contribution is -0.925. The van der Waals surface area contributed by atoms with Crippen molar-refractivity contribution in [3.63, 3.8) is 0 Å². The molecule has 0 radical (unpaired) electrons. The lowest BCUT2D eigenvalue weighted by Gasteiger charge is -2.35. The van der Waals surface area contributed by atoms with Crippen molar-refractivity contribution < 1.29 is 14.5 Å². The van der Waals surface area contributed by atoms with Crippen LogP contribution in [0.15, 0.2) is 24.3 Å². The van der Waals surface area contributed by atoms with Crippen LogP contribution in [0, 0.1) is 0 Å². The molecule has 2 aliphatic rings. The molecule has 6 heteroatoms. The zero-order valence-electron chi connectivity index (χ0n) is 13.8. The molecule has 1 saturated carbocycles. The number of rotatable bonds is 5. The Morgan fingerprint density at radius 1 is 1.21 bits per heavy atom. The van der Waals surface area contributed by atoms with Gasteiger partial charge in [-0.05, 0) is 25.0 Å². The molecule has 1 heterocycles. The number of halogens is 1. The maximum absolute atomic E-state index is 13.0. The van der Waals surface area contributed by atoms with E-state index < -0.39 is 0 Å². The molecule has 3 rings (SSSR count). The summed E-state index contributed by atoms with van der Waals surface area (Å²) < 4.78 is 0. The zero-order valence-corrected chi connectivity index (χ0v) is 14.6. The normalized spacial score (nSPS) is 20.8. The van der Waals surface area contributed by atoms with E-state index in [1.54, 1.807) is 4.90 Å². The van der Waals surface area contributed by atoms with E-state index in [1.807, 2.05) is 24.3 Å². The summed E-state index contributed by atoms with van der Waals surface area (Å²) in [7, 11) is 0. The number of amides is 2. The first-order valence-electron chi connectivity index (χ1n) is 8.77. The van der Waals surface area contributed by atoms with Gasteiger partial charge < -0.3 is 15.1 Å². The number of carbonyl (C=O) groups is 2. The Hall–Kier alpha value is -1.59. The standard InChI is InChI=1S/C18H24ClN3O2/c19-15-7-5-14(6-8-15)17(18(24)20-16-3-1-2-4-16)22-11-9-21(13-23)10-12-22/h5-8,13,16-17H,1-4,9-12H2,(H,20,24)/p+1. The maximum atomic E-state index is 13.0. The molecule has 130 valence electrons. The highest BCUT2D eigenvalue weighted by molar-refractivity contribution is 6.30. The summed E-state index contributed by atoms with van der Waals surface area (Å²) >= 11 is 6.00. The van der Waals surface area contributed by atoms with Crippen molar-refractivity contribution in [3.05, 3.63) is 34.9 Å². The van der Waals surface area contributed by atoms with Gasteiger partial charge in [0.2, 0.25) is 6.41 Å². The van der Waals surface area contributed by atoms with Gasteiger partial charge in [-0.25, -0.2) is 0 Å². The second-order valence-electron chi connectivity index (χ2n) is 6.77. The first kappa shape index (κ1) is 17.2. The fourth-order valence-electron chi connectivity index (χ4n) is 3.79. The number of quaternary nitrogens is 1. The summed E-state index contributed by atoms with van der Waals surface area (Å²) in [6.07, 6.45) is 5.44. The van der Waals surface area contributed by atoms with Crippen LogP contribution in [0.1, 0.15) is 37.3 Å². The van der Waals surface area contributed by atoms with E-state index in [0.717, 1.165) is 37.9 Å². The van der Waals surface area contributed by atoms with Gasteiger partial charge in [-0.2, -0.15) is 0 Å². The lowest BCUT2D eigenvalue weighted by Crippen LogP contribution is -3.16. The number of nitrogens with one attached hydrogen (secondary N) is 2. The predicted molar refractivity (Wildman–Crippen MR) is 92.9 cm³/mol. The summed E-state index contributed by atoms with van der Waals surface area (Å²) in [6, 6.07) is 7.64. The summed E-state index contributed by atoms with van der Waals surface area (Å²) in [5.74, 6) is 0.0961. The number of hydrogen-bond acceptors (Lipinski definition) is 2. The highest BCUT2D eigenvalue weighted by Gasteiger charge is 2.35. The van der Waals surface area contributed by atoms with Gasteiger partial charge in [-0.3, -0.25) is 9.59 Å². The Morgan fingerprint density at radius 2 is 1.83 bits per heavy atom. The minimum absolute atomic E-state index is 0.0961. The second kappa shape index (κ2) is 7.99. The van der Waals surface area contributed by atoms with Crippen molar-refractivity contribution in [1.29, 1.82) is 0 Å². The molecule has 2 amide bonds. The summed E-state index contributed by atoms with van der Waals surface area (Å²) in [5, 5.41) is 3.91. The number of hydrogen-bond donors (Lipinski definition) is 2. The van der Waals surface area contributed by atoms with E-state index in [2.05, 4.69) is 5.32 Å². The Morgan fingerprint density at radius 3 is 2.42 bits per heavy atom. The third-order valence-corrected chi connectivity index (χ3v) is 5.42. The number of nitrogens with zero attached hydrogens (tertiary/aromatic N) is 1. The van der Waals surface area contributed by atoms with Crippen LogP contribution in [-0.4, -0.2) is 49.4 Å². The first-order valence-corrected chi connectivity index (χ1v) is 9.15. The molecule has 1 saturated heterocycles. The highest BCUT2D eigenvalue weighted by atomic mass is 35.5. The summed E-state index contributed by atoms with van der Waals surface area (Å²) in [6.45, 7) is 2.95. The molecule has 0 bridgehead atoms. The highest BCUT2D eigenvalue weighted by Crippen LogP contribution is 2.20. The number of piperazine rings is 1. The molecule has 1 unspecified atom stereocenters. The third-order valence-electron chi connectivity index (χ3n) is 5.16. The SMILES string of the molecule is O=CN1CC[NH+](C(C(=O)NC2CCCC2)c2ccc(Cl)cc2)CC1. The molecule has 2 N–H and O–H groups in total. The third kappa shape index (κ3) is 4.08. The molecule has 0 aromatic heterocycles. The topological polar surface area (TPSA) is 53.9 Å². The Bertz CT molecular complexity index is 564. The summed E-state index contributed by atoms with van der Waals surface area (Å²) in [5.41, 5.74) is 0.990. The van der Waals surface area contributed by atoms with Crippen LogP contribution in [0.4, 0.5) is 0 Å². The monoisotopic (exact) mass is 350 g/mol. The number of carbonyl (C=O) groups excluding carboxylic acids is 2. The van der Waals surface area contributed by atoms with Crippen LogP contribution >= 0.6 is 11.6 Å². The van der Waals surface area contributed by atoms with Crippen LogP contribution in [0.3, 0.4) is 0 Å². The van der Waals surface area contributed by atoms with Gasteiger partial charge >= 0.3 is 0 Å².